The summed E-state index contributed by atoms with van der Waals surface area (Å²) in [5.41, 5.74) is 2.40. The number of morpholine rings is 1. The molecular formula is C20H24FNO. The molecule has 0 aromatic heterocycles. The molecule has 1 saturated heterocycles. The molecule has 0 spiro atoms. The van der Waals surface area contributed by atoms with Crippen molar-refractivity contribution < 1.29 is 9.13 Å². The average Bonchev–Trinajstić information content (AvgIpc) is 2.58. The standard InChI is InChI=1S/C20H24FNO/c1-3-19(16-9-11-18(21)12-10-16)22-13-15(2)23-20(14-22)17-7-5-4-6-8-17/h4-12,15,19-20H,3,13-14H2,1-2H3. The summed E-state index contributed by atoms with van der Waals surface area (Å²) in [5, 5.41) is 0. The second-order valence-electron chi connectivity index (χ2n) is 6.28. The van der Waals surface area contributed by atoms with E-state index in [1.807, 2.05) is 18.2 Å². The zero-order valence-corrected chi connectivity index (χ0v) is 13.8. The lowest BCUT2D eigenvalue weighted by atomic mass is 9.99. The number of halogens is 1. The molecule has 2 aromatic carbocycles. The summed E-state index contributed by atoms with van der Waals surface area (Å²) in [6.07, 6.45) is 1.28. The topological polar surface area (TPSA) is 12.5 Å². The van der Waals surface area contributed by atoms with E-state index in [0.717, 1.165) is 19.5 Å². The molecule has 0 saturated carbocycles. The van der Waals surface area contributed by atoms with Crippen LogP contribution in [0.4, 0.5) is 4.39 Å². The fourth-order valence-corrected chi connectivity index (χ4v) is 3.48. The molecule has 1 fully saturated rings. The Labute approximate surface area is 137 Å². The van der Waals surface area contributed by atoms with E-state index < -0.39 is 0 Å². The number of benzene rings is 2. The van der Waals surface area contributed by atoms with Gasteiger partial charge in [0, 0.05) is 19.1 Å². The van der Waals surface area contributed by atoms with Crippen LogP contribution in [0.15, 0.2) is 54.6 Å². The number of rotatable bonds is 4. The third-order valence-corrected chi connectivity index (χ3v) is 4.54. The van der Waals surface area contributed by atoms with Crippen LogP contribution < -0.4 is 0 Å². The fraction of sp³-hybridized carbons (Fsp3) is 0.400. The number of nitrogens with zero attached hydrogens (tertiary/aromatic N) is 1. The molecule has 0 radical (unpaired) electrons. The first-order chi connectivity index (χ1) is 11.2. The van der Waals surface area contributed by atoms with E-state index in [4.69, 9.17) is 4.74 Å². The van der Waals surface area contributed by atoms with Gasteiger partial charge in [-0.1, -0.05) is 49.4 Å². The van der Waals surface area contributed by atoms with Gasteiger partial charge in [-0.2, -0.15) is 0 Å². The molecule has 0 aliphatic carbocycles. The minimum Gasteiger partial charge on any atom is -0.368 e. The van der Waals surface area contributed by atoms with Crippen molar-refractivity contribution in [2.24, 2.45) is 0 Å². The summed E-state index contributed by atoms with van der Waals surface area (Å²) in [7, 11) is 0. The highest BCUT2D eigenvalue weighted by molar-refractivity contribution is 5.22. The van der Waals surface area contributed by atoms with Crippen molar-refractivity contribution >= 4 is 0 Å². The molecule has 0 bridgehead atoms. The van der Waals surface area contributed by atoms with Crippen molar-refractivity contribution in [3.05, 3.63) is 71.5 Å². The fourth-order valence-electron chi connectivity index (χ4n) is 3.48. The van der Waals surface area contributed by atoms with Gasteiger partial charge in [-0.05, 0) is 36.6 Å². The predicted octanol–water partition coefficient (Wildman–Crippen LogP) is 4.74. The minimum atomic E-state index is -0.180. The zero-order chi connectivity index (χ0) is 16.2. The van der Waals surface area contributed by atoms with Crippen molar-refractivity contribution in [1.82, 2.24) is 4.90 Å². The highest BCUT2D eigenvalue weighted by Crippen LogP contribution is 2.32. The maximum atomic E-state index is 13.2. The van der Waals surface area contributed by atoms with Gasteiger partial charge in [0.2, 0.25) is 0 Å². The van der Waals surface area contributed by atoms with Crippen molar-refractivity contribution in [3.63, 3.8) is 0 Å². The van der Waals surface area contributed by atoms with Gasteiger partial charge in [-0.25, -0.2) is 4.39 Å². The van der Waals surface area contributed by atoms with Gasteiger partial charge in [0.05, 0.1) is 12.2 Å². The third kappa shape index (κ3) is 3.80. The van der Waals surface area contributed by atoms with E-state index in [1.54, 1.807) is 12.1 Å². The molecule has 3 rings (SSSR count). The van der Waals surface area contributed by atoms with Crippen LogP contribution >= 0.6 is 0 Å². The molecule has 2 aromatic rings. The number of hydrogen-bond acceptors (Lipinski definition) is 2. The first-order valence-electron chi connectivity index (χ1n) is 8.37. The molecule has 3 heteroatoms. The molecule has 23 heavy (non-hydrogen) atoms. The van der Waals surface area contributed by atoms with Gasteiger partial charge in [0.25, 0.3) is 0 Å². The van der Waals surface area contributed by atoms with Crippen LogP contribution in [-0.4, -0.2) is 24.1 Å². The van der Waals surface area contributed by atoms with Gasteiger partial charge in [0.1, 0.15) is 5.82 Å². The molecule has 1 aliphatic rings. The molecule has 3 atom stereocenters. The lowest BCUT2D eigenvalue weighted by Gasteiger charge is -2.41. The Morgan fingerprint density at radius 1 is 1.09 bits per heavy atom. The van der Waals surface area contributed by atoms with E-state index in [-0.39, 0.29) is 18.0 Å². The molecule has 1 heterocycles. The largest absolute Gasteiger partial charge is 0.368 e. The summed E-state index contributed by atoms with van der Waals surface area (Å²) >= 11 is 0. The number of hydrogen-bond donors (Lipinski definition) is 0. The lowest BCUT2D eigenvalue weighted by Crippen LogP contribution is -2.44. The van der Waals surface area contributed by atoms with Crippen LogP contribution in [0.1, 0.15) is 43.5 Å². The van der Waals surface area contributed by atoms with Crippen molar-refractivity contribution in [2.45, 2.75) is 38.5 Å². The van der Waals surface area contributed by atoms with E-state index in [1.165, 1.54) is 11.1 Å². The highest BCUT2D eigenvalue weighted by Gasteiger charge is 2.30. The molecule has 3 unspecified atom stereocenters. The predicted molar refractivity (Wildman–Crippen MR) is 90.7 cm³/mol. The Morgan fingerprint density at radius 3 is 2.43 bits per heavy atom. The SMILES string of the molecule is CCC(c1ccc(F)cc1)N1CC(C)OC(c2ccccc2)C1. The summed E-state index contributed by atoms with van der Waals surface area (Å²) in [4.78, 5) is 2.47. The lowest BCUT2D eigenvalue weighted by molar-refractivity contribution is -0.0918. The molecule has 2 nitrogen and oxygen atoms in total. The first kappa shape index (κ1) is 16.2. The van der Waals surface area contributed by atoms with Crippen molar-refractivity contribution in [1.29, 1.82) is 0 Å². The summed E-state index contributed by atoms with van der Waals surface area (Å²) in [6, 6.07) is 17.6. The minimum absolute atomic E-state index is 0.0921. The Hall–Kier alpha value is -1.71. The smallest absolute Gasteiger partial charge is 0.123 e. The van der Waals surface area contributed by atoms with E-state index in [0.29, 0.717) is 6.04 Å². The zero-order valence-electron chi connectivity index (χ0n) is 13.8. The summed E-state index contributed by atoms with van der Waals surface area (Å²) in [5.74, 6) is -0.180. The van der Waals surface area contributed by atoms with Crippen molar-refractivity contribution in [2.75, 3.05) is 13.1 Å². The maximum absolute atomic E-state index is 13.2. The second-order valence-corrected chi connectivity index (χ2v) is 6.28. The first-order valence-corrected chi connectivity index (χ1v) is 8.37. The van der Waals surface area contributed by atoms with Crippen LogP contribution in [0.3, 0.4) is 0 Å². The third-order valence-electron chi connectivity index (χ3n) is 4.54. The highest BCUT2D eigenvalue weighted by atomic mass is 19.1. The summed E-state index contributed by atoms with van der Waals surface area (Å²) < 4.78 is 19.4. The Bertz CT molecular complexity index is 613. The van der Waals surface area contributed by atoms with Crippen LogP contribution in [0.5, 0.6) is 0 Å². The Morgan fingerprint density at radius 2 is 1.78 bits per heavy atom. The second kappa shape index (κ2) is 7.24. The normalized spacial score (nSPS) is 23.6. The van der Waals surface area contributed by atoms with Crippen molar-refractivity contribution in [3.8, 4) is 0 Å². The Kier molecular flexibility index (Phi) is 5.09. The Balaban J connectivity index is 1.81. The average molecular weight is 313 g/mol. The van der Waals surface area contributed by atoms with E-state index in [2.05, 4.69) is 43.0 Å². The van der Waals surface area contributed by atoms with Gasteiger partial charge >= 0.3 is 0 Å². The van der Waals surface area contributed by atoms with Crippen LogP contribution in [-0.2, 0) is 4.74 Å². The van der Waals surface area contributed by atoms with Gasteiger partial charge < -0.3 is 4.74 Å². The van der Waals surface area contributed by atoms with Crippen LogP contribution in [0.2, 0.25) is 0 Å². The number of ether oxygens (including phenoxy) is 1. The van der Waals surface area contributed by atoms with Crippen LogP contribution in [0, 0.1) is 5.82 Å². The van der Waals surface area contributed by atoms with Gasteiger partial charge in [-0.15, -0.1) is 0 Å². The molecular weight excluding hydrogens is 289 g/mol. The van der Waals surface area contributed by atoms with Gasteiger partial charge in [0.15, 0.2) is 0 Å². The maximum Gasteiger partial charge on any atom is 0.123 e. The van der Waals surface area contributed by atoms with Gasteiger partial charge in [-0.3, -0.25) is 4.90 Å². The monoisotopic (exact) mass is 313 g/mol. The quantitative estimate of drug-likeness (QED) is 0.808. The summed E-state index contributed by atoms with van der Waals surface area (Å²) in [6.45, 7) is 6.08. The molecule has 0 amide bonds. The molecule has 0 N–H and O–H groups in total. The molecule has 1 aliphatic heterocycles. The van der Waals surface area contributed by atoms with E-state index in [9.17, 15) is 4.39 Å². The van der Waals surface area contributed by atoms with E-state index >= 15 is 0 Å². The molecule has 122 valence electrons. The van der Waals surface area contributed by atoms with Crippen LogP contribution in [0.25, 0.3) is 0 Å².